The molecule has 1 aliphatic rings. The van der Waals surface area contributed by atoms with Gasteiger partial charge in [0.25, 0.3) is 17.1 Å². The normalized spacial score (nSPS) is 14.5. The van der Waals surface area contributed by atoms with Crippen molar-refractivity contribution in [2.45, 2.75) is 6.54 Å². The number of hydrogen-bond acceptors (Lipinski definition) is 6. The summed E-state index contributed by atoms with van der Waals surface area (Å²) in [7, 11) is 1.54. The number of benzene rings is 3. The number of ether oxygens (including phenoxy) is 1. The first-order chi connectivity index (χ1) is 16.7. The van der Waals surface area contributed by atoms with E-state index in [-0.39, 0.29) is 22.8 Å². The summed E-state index contributed by atoms with van der Waals surface area (Å²) < 4.78 is 5.10. The van der Waals surface area contributed by atoms with E-state index in [9.17, 15) is 19.5 Å². The van der Waals surface area contributed by atoms with Crippen molar-refractivity contribution in [3.8, 4) is 11.5 Å². The molecular weight excluding hydrogens is 511 g/mol. The Hall–Kier alpha value is -3.46. The summed E-state index contributed by atoms with van der Waals surface area (Å²) in [5.74, 6) is -0.583. The number of rotatable bonds is 6. The van der Waals surface area contributed by atoms with Crippen molar-refractivity contribution in [3.63, 3.8) is 0 Å². The highest BCUT2D eigenvalue weighted by molar-refractivity contribution is 8.18. The van der Waals surface area contributed by atoms with Gasteiger partial charge in [0.15, 0.2) is 0 Å². The first-order valence-electron chi connectivity index (χ1n) is 10.2. The van der Waals surface area contributed by atoms with E-state index in [1.54, 1.807) is 55.6 Å². The number of phenols is 1. The number of aromatic hydroxyl groups is 1. The van der Waals surface area contributed by atoms with Crippen LogP contribution < -0.4 is 10.1 Å². The van der Waals surface area contributed by atoms with E-state index in [1.807, 2.05) is 0 Å². The fraction of sp³-hybridized carbons (Fsp3) is 0.0800. The molecule has 1 fully saturated rings. The Morgan fingerprint density at radius 3 is 2.49 bits per heavy atom. The molecule has 0 unspecified atom stereocenters. The van der Waals surface area contributed by atoms with Gasteiger partial charge in [-0.25, -0.2) is 0 Å². The molecule has 10 heteroatoms. The molecule has 35 heavy (non-hydrogen) atoms. The minimum Gasteiger partial charge on any atom is -0.507 e. The summed E-state index contributed by atoms with van der Waals surface area (Å²) in [5, 5.41) is 13.2. The van der Waals surface area contributed by atoms with E-state index in [1.165, 1.54) is 18.2 Å². The van der Waals surface area contributed by atoms with Gasteiger partial charge in [-0.3, -0.25) is 19.3 Å². The lowest BCUT2D eigenvalue weighted by molar-refractivity contribution is -0.123. The van der Waals surface area contributed by atoms with Crippen LogP contribution in [0.5, 0.6) is 11.5 Å². The van der Waals surface area contributed by atoms with Crippen molar-refractivity contribution in [3.05, 3.63) is 92.3 Å². The largest absolute Gasteiger partial charge is 0.507 e. The molecule has 0 aliphatic carbocycles. The maximum absolute atomic E-state index is 12.9. The molecule has 1 aliphatic heterocycles. The Kier molecular flexibility index (Phi) is 7.35. The monoisotopic (exact) mass is 528 g/mol. The minimum atomic E-state index is -0.532. The van der Waals surface area contributed by atoms with Crippen LogP contribution in [-0.2, 0) is 11.3 Å². The molecular formula is C25H18Cl2N2O5S. The van der Waals surface area contributed by atoms with E-state index in [0.29, 0.717) is 32.6 Å². The molecule has 3 amide bonds. The highest BCUT2D eigenvalue weighted by Gasteiger charge is 2.35. The number of imide groups is 1. The van der Waals surface area contributed by atoms with Crippen molar-refractivity contribution in [1.82, 2.24) is 4.90 Å². The average Bonchev–Trinajstić information content (AvgIpc) is 3.10. The van der Waals surface area contributed by atoms with E-state index in [2.05, 4.69) is 5.32 Å². The Balaban J connectivity index is 1.52. The first kappa shape index (κ1) is 24.7. The second-order valence-electron chi connectivity index (χ2n) is 7.48. The Labute approximate surface area is 215 Å². The molecule has 3 aromatic rings. The van der Waals surface area contributed by atoms with E-state index >= 15 is 0 Å². The van der Waals surface area contributed by atoms with Crippen molar-refractivity contribution in [1.29, 1.82) is 0 Å². The lowest BCUT2D eigenvalue weighted by atomic mass is 10.1. The fourth-order valence-corrected chi connectivity index (χ4v) is 4.47. The van der Waals surface area contributed by atoms with E-state index in [4.69, 9.17) is 27.9 Å². The number of amides is 3. The summed E-state index contributed by atoms with van der Waals surface area (Å²) in [6, 6.07) is 16.0. The molecule has 0 atom stereocenters. The number of phenolic OH excluding ortho intramolecular Hbond substituents is 1. The third kappa shape index (κ3) is 5.62. The smallest absolute Gasteiger partial charge is 0.293 e. The van der Waals surface area contributed by atoms with Crippen molar-refractivity contribution in [2.24, 2.45) is 0 Å². The third-order valence-electron chi connectivity index (χ3n) is 5.11. The number of methoxy groups -OCH3 is 1. The summed E-state index contributed by atoms with van der Waals surface area (Å²) in [4.78, 5) is 39.4. The van der Waals surface area contributed by atoms with Gasteiger partial charge in [-0.05, 0) is 77.5 Å². The fourth-order valence-electron chi connectivity index (χ4n) is 3.31. The van der Waals surface area contributed by atoms with Crippen LogP contribution in [0.4, 0.5) is 10.5 Å². The van der Waals surface area contributed by atoms with Gasteiger partial charge in [-0.15, -0.1) is 0 Å². The van der Waals surface area contributed by atoms with Gasteiger partial charge in [0, 0.05) is 5.69 Å². The lowest BCUT2D eigenvalue weighted by Crippen LogP contribution is -2.27. The van der Waals surface area contributed by atoms with Crippen LogP contribution in [0.3, 0.4) is 0 Å². The topological polar surface area (TPSA) is 95.9 Å². The number of carbonyl (C=O) groups excluding carboxylic acids is 3. The molecule has 2 N–H and O–H groups in total. The predicted molar refractivity (Wildman–Crippen MR) is 137 cm³/mol. The summed E-state index contributed by atoms with van der Waals surface area (Å²) >= 11 is 12.8. The van der Waals surface area contributed by atoms with Crippen LogP contribution in [0.15, 0.2) is 65.6 Å². The summed E-state index contributed by atoms with van der Waals surface area (Å²) in [5.41, 5.74) is 1.67. The summed E-state index contributed by atoms with van der Waals surface area (Å²) in [6.07, 6.45) is 1.50. The molecule has 178 valence electrons. The van der Waals surface area contributed by atoms with Crippen LogP contribution >= 0.6 is 35.0 Å². The van der Waals surface area contributed by atoms with Gasteiger partial charge in [-0.1, -0.05) is 35.3 Å². The highest BCUT2D eigenvalue weighted by Crippen LogP contribution is 2.34. The van der Waals surface area contributed by atoms with Gasteiger partial charge in [0.1, 0.15) is 11.5 Å². The number of thioether (sulfide) groups is 1. The molecule has 0 aromatic heterocycles. The number of nitrogens with one attached hydrogen (secondary N) is 1. The molecule has 0 saturated carbocycles. The van der Waals surface area contributed by atoms with Crippen LogP contribution in [0, 0.1) is 0 Å². The second-order valence-corrected chi connectivity index (χ2v) is 9.28. The van der Waals surface area contributed by atoms with Gasteiger partial charge in [0.05, 0.1) is 34.2 Å². The number of anilines is 1. The lowest BCUT2D eigenvalue weighted by Gasteiger charge is -2.13. The predicted octanol–water partition coefficient (Wildman–Crippen LogP) is 6.20. The molecule has 1 saturated heterocycles. The molecule has 7 nitrogen and oxygen atoms in total. The molecule has 0 spiro atoms. The van der Waals surface area contributed by atoms with Crippen LogP contribution in [0.1, 0.15) is 21.5 Å². The van der Waals surface area contributed by atoms with Gasteiger partial charge < -0.3 is 15.2 Å². The Morgan fingerprint density at radius 2 is 1.80 bits per heavy atom. The van der Waals surface area contributed by atoms with Crippen LogP contribution in [-0.4, -0.2) is 34.2 Å². The van der Waals surface area contributed by atoms with Gasteiger partial charge >= 0.3 is 0 Å². The number of carbonyl (C=O) groups is 3. The van der Waals surface area contributed by atoms with Crippen molar-refractivity contribution in [2.75, 3.05) is 12.4 Å². The summed E-state index contributed by atoms with van der Waals surface area (Å²) in [6.45, 7) is 0.0456. The molecule has 0 bridgehead atoms. The number of nitrogens with zero attached hydrogens (tertiary/aromatic N) is 1. The molecule has 0 radical (unpaired) electrons. The molecule has 4 rings (SSSR count). The maximum atomic E-state index is 12.9. The first-order valence-corrected chi connectivity index (χ1v) is 11.8. The minimum absolute atomic E-state index is 0.0182. The van der Waals surface area contributed by atoms with Crippen molar-refractivity contribution < 1.29 is 24.2 Å². The quantitative estimate of drug-likeness (QED) is 0.370. The number of hydrogen-bond donors (Lipinski definition) is 2. The van der Waals surface area contributed by atoms with Gasteiger partial charge in [-0.2, -0.15) is 0 Å². The second kappa shape index (κ2) is 10.4. The Morgan fingerprint density at radius 1 is 1.06 bits per heavy atom. The zero-order chi connectivity index (χ0) is 25.1. The van der Waals surface area contributed by atoms with Crippen LogP contribution in [0.25, 0.3) is 6.08 Å². The SMILES string of the molecule is COc1ccc(NC(=O)c2cc(/C=C3/SC(=O)N(Cc4ccc(Cl)c(Cl)c4)C3=O)ccc2O)cc1. The highest BCUT2D eigenvalue weighted by atomic mass is 35.5. The zero-order valence-electron chi connectivity index (χ0n) is 18.2. The van der Waals surface area contributed by atoms with Gasteiger partial charge in [0.2, 0.25) is 0 Å². The average molecular weight is 529 g/mol. The van der Waals surface area contributed by atoms with Crippen molar-refractivity contribution >= 4 is 63.8 Å². The third-order valence-corrected chi connectivity index (χ3v) is 6.76. The Bertz CT molecular complexity index is 1360. The molecule has 1 heterocycles. The van der Waals surface area contributed by atoms with E-state index in [0.717, 1.165) is 16.7 Å². The number of halogens is 2. The molecule has 3 aromatic carbocycles. The standard InChI is InChI=1S/C25H18Cl2N2O5S/c1-34-17-6-4-16(5-7-17)28-23(31)18-10-14(3-9-21(18)30)12-22-24(32)29(25(33)35-22)13-15-2-8-19(26)20(27)11-15/h2-12,30H,13H2,1H3,(H,28,31)/b22-12+. The zero-order valence-corrected chi connectivity index (χ0v) is 20.6. The van der Waals surface area contributed by atoms with E-state index < -0.39 is 17.1 Å². The van der Waals surface area contributed by atoms with Crippen LogP contribution in [0.2, 0.25) is 10.0 Å². The maximum Gasteiger partial charge on any atom is 0.293 e.